The molecule has 1 unspecified atom stereocenters. The van der Waals surface area contributed by atoms with E-state index in [1.165, 1.54) is 23.6 Å². The summed E-state index contributed by atoms with van der Waals surface area (Å²) in [4.78, 5) is 3.86. The van der Waals surface area contributed by atoms with Gasteiger partial charge in [-0.15, -0.1) is 0 Å². The molecule has 0 saturated carbocycles. The van der Waals surface area contributed by atoms with Crippen molar-refractivity contribution in [3.05, 3.63) is 24.4 Å². The number of aromatic nitrogens is 1. The van der Waals surface area contributed by atoms with Crippen molar-refractivity contribution in [1.82, 2.24) is 9.29 Å². The van der Waals surface area contributed by atoms with Crippen LogP contribution in [0.1, 0.15) is 20.8 Å². The van der Waals surface area contributed by atoms with Crippen molar-refractivity contribution in [2.24, 2.45) is 5.41 Å². The van der Waals surface area contributed by atoms with E-state index in [1.54, 1.807) is 12.1 Å². The maximum absolute atomic E-state index is 12.3. The molecule has 18 heavy (non-hydrogen) atoms. The first-order valence-corrected chi connectivity index (χ1v) is 7.15. The van der Waals surface area contributed by atoms with E-state index in [9.17, 15) is 13.5 Å². The van der Waals surface area contributed by atoms with Gasteiger partial charge in [0.2, 0.25) is 0 Å². The monoisotopic (exact) mass is 272 g/mol. The molecular formula is C12H20N2O3S. The Bertz CT molecular complexity index is 480. The van der Waals surface area contributed by atoms with E-state index < -0.39 is 16.1 Å². The quantitative estimate of drug-likeness (QED) is 0.891. The highest BCUT2D eigenvalue weighted by Crippen LogP contribution is 2.26. The van der Waals surface area contributed by atoms with Gasteiger partial charge in [-0.2, -0.15) is 4.31 Å². The zero-order chi connectivity index (χ0) is 14.0. The largest absolute Gasteiger partial charge is 0.395 e. The highest BCUT2D eigenvalue weighted by molar-refractivity contribution is 7.89. The van der Waals surface area contributed by atoms with Crippen LogP contribution >= 0.6 is 0 Å². The Morgan fingerprint density at radius 2 is 2.00 bits per heavy atom. The van der Waals surface area contributed by atoms with E-state index >= 15 is 0 Å². The summed E-state index contributed by atoms with van der Waals surface area (Å²) < 4.78 is 25.9. The molecule has 102 valence electrons. The van der Waals surface area contributed by atoms with Gasteiger partial charge in [0, 0.05) is 13.2 Å². The average Bonchev–Trinajstić information content (AvgIpc) is 2.29. The van der Waals surface area contributed by atoms with E-state index in [2.05, 4.69) is 4.98 Å². The molecule has 6 heteroatoms. The third kappa shape index (κ3) is 3.07. The summed E-state index contributed by atoms with van der Waals surface area (Å²) in [6, 6.07) is 4.23. The number of sulfonamides is 1. The van der Waals surface area contributed by atoms with E-state index in [1.807, 2.05) is 20.8 Å². The number of aliphatic hydroxyl groups is 1. The fourth-order valence-electron chi connectivity index (χ4n) is 1.75. The third-order valence-corrected chi connectivity index (χ3v) is 4.68. The fourth-order valence-corrected chi connectivity index (χ4v) is 3.21. The first kappa shape index (κ1) is 15.1. The molecule has 1 aromatic heterocycles. The zero-order valence-corrected chi connectivity index (χ0v) is 12.0. The number of likely N-dealkylation sites (N-methyl/N-ethyl adjacent to an activating group) is 1. The van der Waals surface area contributed by atoms with Crippen LogP contribution in [-0.4, -0.2) is 42.5 Å². The second-order valence-corrected chi connectivity index (χ2v) is 7.20. The van der Waals surface area contributed by atoms with Gasteiger partial charge in [-0.1, -0.05) is 26.8 Å². The summed E-state index contributed by atoms with van der Waals surface area (Å²) in [5.74, 6) is 0. The Balaban J connectivity index is 3.14. The molecule has 0 aromatic carbocycles. The molecule has 1 rings (SSSR count). The van der Waals surface area contributed by atoms with Crippen molar-refractivity contribution < 1.29 is 13.5 Å². The number of pyridine rings is 1. The maximum Gasteiger partial charge on any atom is 0.260 e. The molecule has 0 radical (unpaired) electrons. The summed E-state index contributed by atoms with van der Waals surface area (Å²) >= 11 is 0. The van der Waals surface area contributed by atoms with Gasteiger partial charge in [0.05, 0.1) is 12.6 Å². The lowest BCUT2D eigenvalue weighted by Crippen LogP contribution is -2.47. The molecule has 0 amide bonds. The number of rotatable bonds is 4. The molecule has 1 heterocycles. The highest BCUT2D eigenvalue weighted by atomic mass is 32.2. The Kier molecular flexibility index (Phi) is 4.47. The predicted molar refractivity (Wildman–Crippen MR) is 69.5 cm³/mol. The normalized spacial score (nSPS) is 14.8. The van der Waals surface area contributed by atoms with Crippen LogP contribution in [0.15, 0.2) is 29.4 Å². The van der Waals surface area contributed by atoms with Crippen LogP contribution in [0.3, 0.4) is 0 Å². The molecule has 0 aliphatic heterocycles. The third-order valence-electron chi connectivity index (χ3n) is 2.89. The standard InChI is InChI=1S/C12H20N2O3S/c1-12(2,3)10(9-15)14(4)18(16,17)11-7-5-6-8-13-11/h5-8,10,15H,9H2,1-4H3. The van der Waals surface area contributed by atoms with Gasteiger partial charge in [0.25, 0.3) is 10.0 Å². The van der Waals surface area contributed by atoms with Crippen molar-refractivity contribution in [3.8, 4) is 0 Å². The zero-order valence-electron chi connectivity index (χ0n) is 11.2. The second-order valence-electron chi connectivity index (χ2n) is 5.25. The number of nitrogens with zero attached hydrogens (tertiary/aromatic N) is 2. The molecule has 5 nitrogen and oxygen atoms in total. The van der Waals surface area contributed by atoms with Crippen LogP contribution in [0.2, 0.25) is 0 Å². The fraction of sp³-hybridized carbons (Fsp3) is 0.583. The summed E-state index contributed by atoms with van der Waals surface area (Å²) in [6.07, 6.45) is 1.44. The lowest BCUT2D eigenvalue weighted by atomic mass is 9.87. The Labute approximate surface area is 109 Å². The summed E-state index contributed by atoms with van der Waals surface area (Å²) in [5, 5.41) is 9.41. The summed E-state index contributed by atoms with van der Waals surface area (Å²) in [7, 11) is -2.20. The molecule has 0 bridgehead atoms. The SMILES string of the molecule is CN(C(CO)C(C)(C)C)S(=O)(=O)c1ccccn1. The Morgan fingerprint density at radius 3 is 2.39 bits per heavy atom. The molecule has 0 saturated heterocycles. The van der Waals surface area contributed by atoms with Gasteiger partial charge in [0.15, 0.2) is 5.03 Å². The van der Waals surface area contributed by atoms with E-state index in [0.29, 0.717) is 0 Å². The second kappa shape index (κ2) is 5.34. The number of aliphatic hydroxyl groups excluding tert-OH is 1. The molecular weight excluding hydrogens is 252 g/mol. The van der Waals surface area contributed by atoms with Gasteiger partial charge < -0.3 is 5.11 Å². The van der Waals surface area contributed by atoms with Gasteiger partial charge in [-0.3, -0.25) is 0 Å². The molecule has 0 aliphatic carbocycles. The van der Waals surface area contributed by atoms with Gasteiger partial charge in [-0.05, 0) is 17.5 Å². The maximum atomic E-state index is 12.3. The number of hydrogen-bond donors (Lipinski definition) is 1. The minimum Gasteiger partial charge on any atom is -0.395 e. The molecule has 1 atom stereocenters. The van der Waals surface area contributed by atoms with Crippen LogP contribution in [0.5, 0.6) is 0 Å². The Morgan fingerprint density at radius 1 is 1.39 bits per heavy atom. The van der Waals surface area contributed by atoms with Gasteiger partial charge in [-0.25, -0.2) is 13.4 Å². The lowest BCUT2D eigenvalue weighted by molar-refractivity contribution is 0.115. The highest BCUT2D eigenvalue weighted by Gasteiger charge is 2.35. The first-order chi connectivity index (χ1) is 8.21. The molecule has 1 N–H and O–H groups in total. The summed E-state index contributed by atoms with van der Waals surface area (Å²) in [5.41, 5.74) is -0.356. The van der Waals surface area contributed by atoms with E-state index in [0.717, 1.165) is 0 Å². The van der Waals surface area contributed by atoms with E-state index in [4.69, 9.17) is 0 Å². The molecule has 0 spiro atoms. The molecule has 0 fully saturated rings. The van der Waals surface area contributed by atoms with Crippen molar-refractivity contribution in [1.29, 1.82) is 0 Å². The minimum absolute atomic E-state index is 0.00444. The van der Waals surface area contributed by atoms with Gasteiger partial charge >= 0.3 is 0 Å². The smallest absolute Gasteiger partial charge is 0.260 e. The molecule has 1 aromatic rings. The van der Waals surface area contributed by atoms with Crippen LogP contribution in [0, 0.1) is 5.41 Å². The van der Waals surface area contributed by atoms with Crippen molar-refractivity contribution in [3.63, 3.8) is 0 Å². The van der Waals surface area contributed by atoms with Crippen molar-refractivity contribution in [2.45, 2.75) is 31.8 Å². The lowest BCUT2D eigenvalue weighted by Gasteiger charge is -2.35. The van der Waals surface area contributed by atoms with Crippen molar-refractivity contribution in [2.75, 3.05) is 13.7 Å². The topological polar surface area (TPSA) is 70.5 Å². The van der Waals surface area contributed by atoms with Gasteiger partial charge in [0.1, 0.15) is 0 Å². The van der Waals surface area contributed by atoms with E-state index in [-0.39, 0.29) is 17.0 Å². The predicted octanol–water partition coefficient (Wildman–Crippen LogP) is 1.11. The van der Waals surface area contributed by atoms with Crippen LogP contribution in [0.4, 0.5) is 0 Å². The first-order valence-electron chi connectivity index (χ1n) is 5.71. The molecule has 0 aliphatic rings. The van der Waals surface area contributed by atoms with Crippen molar-refractivity contribution >= 4 is 10.0 Å². The van der Waals surface area contributed by atoms with Crippen LogP contribution in [-0.2, 0) is 10.0 Å². The van der Waals surface area contributed by atoms with Crippen LogP contribution < -0.4 is 0 Å². The Hall–Kier alpha value is -0.980. The average molecular weight is 272 g/mol. The van der Waals surface area contributed by atoms with Crippen LogP contribution in [0.25, 0.3) is 0 Å². The minimum atomic E-state index is -3.67. The number of hydrogen-bond acceptors (Lipinski definition) is 4. The summed E-state index contributed by atoms with van der Waals surface area (Å²) in [6.45, 7) is 5.43.